The second-order valence-corrected chi connectivity index (χ2v) is 6.92. The Bertz CT molecular complexity index is 567. The van der Waals surface area contributed by atoms with Gasteiger partial charge in [-0.2, -0.15) is 0 Å². The molecule has 1 N–H and O–H groups in total. The molecule has 130 valence electrons. The Morgan fingerprint density at radius 1 is 0.958 bits per heavy atom. The van der Waals surface area contributed by atoms with E-state index in [1.807, 2.05) is 23.1 Å². The molecular formula is C19H26N2O3. The van der Waals surface area contributed by atoms with Crippen molar-refractivity contribution in [1.82, 2.24) is 9.80 Å². The third kappa shape index (κ3) is 3.96. The van der Waals surface area contributed by atoms with Crippen molar-refractivity contribution >= 4 is 11.9 Å². The topological polar surface area (TPSA) is 60.9 Å². The van der Waals surface area contributed by atoms with Crippen molar-refractivity contribution in [3.05, 3.63) is 35.9 Å². The number of hydrogen-bond acceptors (Lipinski definition) is 3. The van der Waals surface area contributed by atoms with Crippen molar-refractivity contribution in [2.75, 3.05) is 26.2 Å². The molecule has 2 unspecified atom stereocenters. The molecule has 5 heteroatoms. The highest BCUT2D eigenvalue weighted by molar-refractivity contribution is 5.85. The molecule has 0 aromatic heterocycles. The maximum absolute atomic E-state index is 12.8. The zero-order chi connectivity index (χ0) is 16.9. The van der Waals surface area contributed by atoms with Crippen LogP contribution in [0.15, 0.2) is 30.3 Å². The van der Waals surface area contributed by atoms with E-state index in [2.05, 4.69) is 17.0 Å². The molecule has 2 atom stereocenters. The fourth-order valence-electron chi connectivity index (χ4n) is 3.92. The van der Waals surface area contributed by atoms with Crippen LogP contribution in [0.1, 0.15) is 31.2 Å². The molecule has 24 heavy (non-hydrogen) atoms. The first-order chi connectivity index (χ1) is 11.6. The summed E-state index contributed by atoms with van der Waals surface area (Å²) in [4.78, 5) is 28.4. The highest BCUT2D eigenvalue weighted by atomic mass is 16.4. The van der Waals surface area contributed by atoms with Crippen LogP contribution in [0.5, 0.6) is 0 Å². The zero-order valence-corrected chi connectivity index (χ0v) is 14.1. The number of rotatable bonds is 4. The monoisotopic (exact) mass is 330 g/mol. The molecule has 1 aromatic rings. The van der Waals surface area contributed by atoms with Gasteiger partial charge in [0.2, 0.25) is 5.91 Å². The van der Waals surface area contributed by atoms with Gasteiger partial charge in [-0.15, -0.1) is 0 Å². The maximum Gasteiger partial charge on any atom is 0.307 e. The van der Waals surface area contributed by atoms with E-state index in [1.54, 1.807) is 0 Å². The largest absolute Gasteiger partial charge is 0.481 e. The summed E-state index contributed by atoms with van der Waals surface area (Å²) < 4.78 is 0. The number of carbonyl (C=O) groups is 2. The lowest BCUT2D eigenvalue weighted by Gasteiger charge is -2.38. The summed E-state index contributed by atoms with van der Waals surface area (Å²) >= 11 is 0. The van der Waals surface area contributed by atoms with Crippen LogP contribution in [0, 0.1) is 11.8 Å². The van der Waals surface area contributed by atoms with Crippen LogP contribution in [0.4, 0.5) is 0 Å². The fourth-order valence-corrected chi connectivity index (χ4v) is 3.92. The molecule has 3 rings (SSSR count). The summed E-state index contributed by atoms with van der Waals surface area (Å²) in [5.74, 6) is -1.57. The highest BCUT2D eigenvalue weighted by Gasteiger charge is 2.38. The Balaban J connectivity index is 1.54. The summed E-state index contributed by atoms with van der Waals surface area (Å²) in [7, 11) is 0. The molecular weight excluding hydrogens is 304 g/mol. The van der Waals surface area contributed by atoms with Crippen molar-refractivity contribution in [2.45, 2.75) is 32.2 Å². The first-order valence-electron chi connectivity index (χ1n) is 8.93. The Labute approximate surface area is 143 Å². The van der Waals surface area contributed by atoms with Crippen molar-refractivity contribution in [1.29, 1.82) is 0 Å². The van der Waals surface area contributed by atoms with Crippen molar-refractivity contribution in [2.24, 2.45) is 11.8 Å². The van der Waals surface area contributed by atoms with Gasteiger partial charge in [0, 0.05) is 32.7 Å². The lowest BCUT2D eigenvalue weighted by Crippen LogP contribution is -2.51. The lowest BCUT2D eigenvalue weighted by molar-refractivity contribution is -0.153. The summed E-state index contributed by atoms with van der Waals surface area (Å²) in [5.41, 5.74) is 1.29. The molecule has 5 nitrogen and oxygen atoms in total. The standard InChI is InChI=1S/C19H26N2O3/c22-18(16-8-4-5-9-17(16)19(23)24)21-12-10-20(11-13-21)14-15-6-2-1-3-7-15/h1-3,6-7,16-17H,4-5,8-14H2,(H,23,24). The first kappa shape index (κ1) is 17.0. The van der Waals surface area contributed by atoms with E-state index in [0.717, 1.165) is 38.9 Å². The molecule has 1 aliphatic carbocycles. The molecule has 1 aromatic carbocycles. The first-order valence-corrected chi connectivity index (χ1v) is 8.93. The molecule has 1 saturated carbocycles. The van der Waals surface area contributed by atoms with Crippen molar-refractivity contribution in [3.63, 3.8) is 0 Å². The quantitative estimate of drug-likeness (QED) is 0.919. The normalized spacial score (nSPS) is 25.4. The number of carboxylic acids is 1. The van der Waals surface area contributed by atoms with E-state index in [4.69, 9.17) is 0 Å². The number of benzene rings is 1. The lowest BCUT2D eigenvalue weighted by atomic mass is 9.78. The second-order valence-electron chi connectivity index (χ2n) is 6.92. The van der Waals surface area contributed by atoms with Gasteiger partial charge in [-0.05, 0) is 18.4 Å². The second kappa shape index (κ2) is 7.79. The minimum absolute atomic E-state index is 0.0569. The SMILES string of the molecule is O=C(O)C1CCCCC1C(=O)N1CCN(Cc2ccccc2)CC1. The Morgan fingerprint density at radius 2 is 1.58 bits per heavy atom. The van der Waals surface area contributed by atoms with Crippen LogP contribution < -0.4 is 0 Å². The van der Waals surface area contributed by atoms with E-state index in [-0.39, 0.29) is 11.8 Å². The minimum Gasteiger partial charge on any atom is -0.481 e. The molecule has 0 spiro atoms. The van der Waals surface area contributed by atoms with Gasteiger partial charge < -0.3 is 10.0 Å². The van der Waals surface area contributed by atoms with Crippen LogP contribution >= 0.6 is 0 Å². The van der Waals surface area contributed by atoms with Crippen molar-refractivity contribution < 1.29 is 14.7 Å². The Hall–Kier alpha value is -1.88. The van der Waals surface area contributed by atoms with Gasteiger partial charge in [0.25, 0.3) is 0 Å². The maximum atomic E-state index is 12.8. The van der Waals surface area contributed by atoms with Gasteiger partial charge in [-0.1, -0.05) is 43.2 Å². The van der Waals surface area contributed by atoms with Crippen molar-refractivity contribution in [3.8, 4) is 0 Å². The van der Waals surface area contributed by atoms with E-state index < -0.39 is 11.9 Å². The number of aliphatic carboxylic acids is 1. The van der Waals surface area contributed by atoms with Gasteiger partial charge in [-0.25, -0.2) is 0 Å². The van der Waals surface area contributed by atoms with Crippen LogP contribution in [-0.2, 0) is 16.1 Å². The third-order valence-corrected chi connectivity index (χ3v) is 5.33. The predicted molar refractivity (Wildman–Crippen MR) is 91.4 cm³/mol. The van der Waals surface area contributed by atoms with Gasteiger partial charge >= 0.3 is 5.97 Å². The van der Waals surface area contributed by atoms with E-state index >= 15 is 0 Å². The zero-order valence-electron chi connectivity index (χ0n) is 14.1. The van der Waals surface area contributed by atoms with Crippen LogP contribution in [0.3, 0.4) is 0 Å². The average molecular weight is 330 g/mol. The van der Waals surface area contributed by atoms with Gasteiger partial charge in [0.15, 0.2) is 0 Å². The third-order valence-electron chi connectivity index (χ3n) is 5.33. The molecule has 1 heterocycles. The van der Waals surface area contributed by atoms with Gasteiger partial charge in [0.05, 0.1) is 11.8 Å². The molecule has 2 aliphatic rings. The summed E-state index contributed by atoms with van der Waals surface area (Å²) in [6.07, 6.45) is 3.25. The molecule has 0 bridgehead atoms. The number of nitrogens with zero attached hydrogens (tertiary/aromatic N) is 2. The smallest absolute Gasteiger partial charge is 0.307 e. The molecule has 2 fully saturated rings. The Morgan fingerprint density at radius 3 is 2.21 bits per heavy atom. The van der Waals surface area contributed by atoms with Crippen LogP contribution in [0.25, 0.3) is 0 Å². The average Bonchev–Trinajstić information content (AvgIpc) is 2.62. The summed E-state index contributed by atoms with van der Waals surface area (Å²) in [5, 5.41) is 9.38. The number of piperazine rings is 1. The summed E-state index contributed by atoms with van der Waals surface area (Å²) in [6.45, 7) is 4.02. The van der Waals surface area contributed by atoms with Gasteiger partial charge in [-0.3, -0.25) is 14.5 Å². The van der Waals surface area contributed by atoms with E-state index in [1.165, 1.54) is 5.56 Å². The fraction of sp³-hybridized carbons (Fsp3) is 0.579. The number of amides is 1. The highest BCUT2D eigenvalue weighted by Crippen LogP contribution is 2.32. The number of carboxylic acid groups (broad SMARTS) is 1. The number of carbonyl (C=O) groups excluding carboxylic acids is 1. The van der Waals surface area contributed by atoms with Gasteiger partial charge in [0.1, 0.15) is 0 Å². The molecule has 1 aliphatic heterocycles. The van der Waals surface area contributed by atoms with Crippen LogP contribution in [-0.4, -0.2) is 53.0 Å². The molecule has 1 saturated heterocycles. The predicted octanol–water partition coefficient (Wildman–Crippen LogP) is 2.22. The minimum atomic E-state index is -0.809. The number of hydrogen-bond donors (Lipinski definition) is 1. The van der Waals surface area contributed by atoms with Crippen LogP contribution in [0.2, 0.25) is 0 Å². The van der Waals surface area contributed by atoms with E-state index in [9.17, 15) is 14.7 Å². The molecule has 0 radical (unpaired) electrons. The molecule has 1 amide bonds. The van der Waals surface area contributed by atoms with E-state index in [0.29, 0.717) is 19.5 Å². The Kier molecular flexibility index (Phi) is 5.51. The summed E-state index contributed by atoms with van der Waals surface area (Å²) in [6, 6.07) is 10.4.